The fourth-order valence-electron chi connectivity index (χ4n) is 2.22. The van der Waals surface area contributed by atoms with E-state index in [0.29, 0.717) is 12.5 Å². The molecule has 2 unspecified atom stereocenters. The number of piperidine rings is 1. The first-order valence-electron chi connectivity index (χ1n) is 6.00. The summed E-state index contributed by atoms with van der Waals surface area (Å²) < 4.78 is 5.43. The molecule has 1 aromatic rings. The van der Waals surface area contributed by atoms with Gasteiger partial charge in [0.25, 0.3) is 0 Å². The van der Waals surface area contributed by atoms with Crippen LogP contribution in [0.1, 0.15) is 24.8 Å². The van der Waals surface area contributed by atoms with Gasteiger partial charge in [0.1, 0.15) is 5.75 Å². The minimum Gasteiger partial charge on any atom is -0.494 e. The monoisotopic (exact) mass is 220 g/mol. The number of nitrogens with one attached hydrogen (secondary N) is 1. The number of hydrogen-bond acceptors (Lipinski definition) is 3. The highest BCUT2D eigenvalue weighted by atomic mass is 16.5. The second-order valence-electron chi connectivity index (χ2n) is 4.27. The first kappa shape index (κ1) is 11.4. The van der Waals surface area contributed by atoms with E-state index in [1.165, 1.54) is 5.56 Å². The van der Waals surface area contributed by atoms with Gasteiger partial charge < -0.3 is 15.8 Å². The van der Waals surface area contributed by atoms with Crippen molar-refractivity contribution in [3.8, 4) is 5.75 Å². The van der Waals surface area contributed by atoms with E-state index in [2.05, 4.69) is 17.4 Å². The van der Waals surface area contributed by atoms with Gasteiger partial charge in [-0.3, -0.25) is 0 Å². The molecular weight excluding hydrogens is 200 g/mol. The SMILES string of the molecule is CCOc1ccc(C2CNCCC2N)cc1. The largest absolute Gasteiger partial charge is 0.494 e. The molecule has 0 aromatic heterocycles. The Bertz CT molecular complexity index is 323. The van der Waals surface area contributed by atoms with Gasteiger partial charge in [-0.15, -0.1) is 0 Å². The lowest BCUT2D eigenvalue weighted by Gasteiger charge is -2.29. The van der Waals surface area contributed by atoms with E-state index in [1.54, 1.807) is 0 Å². The summed E-state index contributed by atoms with van der Waals surface area (Å²) in [5.74, 6) is 1.37. The summed E-state index contributed by atoms with van der Waals surface area (Å²) in [6.07, 6.45) is 1.05. The van der Waals surface area contributed by atoms with E-state index in [9.17, 15) is 0 Å². The predicted molar refractivity (Wildman–Crippen MR) is 65.8 cm³/mol. The second kappa shape index (κ2) is 5.32. The smallest absolute Gasteiger partial charge is 0.119 e. The summed E-state index contributed by atoms with van der Waals surface area (Å²) in [4.78, 5) is 0. The van der Waals surface area contributed by atoms with Crippen LogP contribution in [0.5, 0.6) is 5.75 Å². The third kappa shape index (κ3) is 2.54. The van der Waals surface area contributed by atoms with Crippen LogP contribution < -0.4 is 15.8 Å². The summed E-state index contributed by atoms with van der Waals surface area (Å²) in [7, 11) is 0. The number of hydrogen-bond donors (Lipinski definition) is 2. The molecule has 1 heterocycles. The molecular formula is C13H20N2O. The van der Waals surface area contributed by atoms with Crippen molar-refractivity contribution in [3.63, 3.8) is 0 Å². The fraction of sp³-hybridized carbons (Fsp3) is 0.538. The minimum absolute atomic E-state index is 0.277. The van der Waals surface area contributed by atoms with Crippen LogP contribution in [0.2, 0.25) is 0 Å². The van der Waals surface area contributed by atoms with Crippen LogP contribution in [-0.4, -0.2) is 25.7 Å². The number of benzene rings is 1. The molecule has 1 fully saturated rings. The van der Waals surface area contributed by atoms with Crippen molar-refractivity contribution in [2.24, 2.45) is 5.73 Å². The van der Waals surface area contributed by atoms with Gasteiger partial charge in [-0.25, -0.2) is 0 Å². The lowest BCUT2D eigenvalue weighted by molar-refractivity contribution is 0.339. The Labute approximate surface area is 97.0 Å². The van der Waals surface area contributed by atoms with Crippen LogP contribution in [0, 0.1) is 0 Å². The Balaban J connectivity index is 2.08. The summed E-state index contributed by atoms with van der Waals surface area (Å²) >= 11 is 0. The van der Waals surface area contributed by atoms with Crippen molar-refractivity contribution in [2.75, 3.05) is 19.7 Å². The molecule has 1 aromatic carbocycles. The molecule has 0 aliphatic carbocycles. The molecule has 1 aliphatic rings. The maximum Gasteiger partial charge on any atom is 0.119 e. The molecule has 3 N–H and O–H groups in total. The molecule has 0 radical (unpaired) electrons. The van der Waals surface area contributed by atoms with Crippen molar-refractivity contribution >= 4 is 0 Å². The molecule has 0 saturated carbocycles. The average molecular weight is 220 g/mol. The number of nitrogens with two attached hydrogens (primary N) is 1. The fourth-order valence-corrected chi connectivity index (χ4v) is 2.22. The molecule has 3 nitrogen and oxygen atoms in total. The lowest BCUT2D eigenvalue weighted by Crippen LogP contribution is -2.43. The molecule has 0 spiro atoms. The van der Waals surface area contributed by atoms with Gasteiger partial charge in [0.2, 0.25) is 0 Å². The average Bonchev–Trinajstić information content (AvgIpc) is 2.31. The van der Waals surface area contributed by atoms with Crippen LogP contribution >= 0.6 is 0 Å². The Kier molecular flexibility index (Phi) is 3.80. The molecule has 0 amide bonds. The van der Waals surface area contributed by atoms with E-state index >= 15 is 0 Å². The van der Waals surface area contributed by atoms with Gasteiger partial charge in [0.05, 0.1) is 6.61 Å². The molecule has 2 rings (SSSR count). The summed E-state index contributed by atoms with van der Waals surface area (Å²) in [5.41, 5.74) is 7.44. The van der Waals surface area contributed by atoms with Gasteiger partial charge >= 0.3 is 0 Å². The maximum atomic E-state index is 6.14. The zero-order valence-electron chi connectivity index (χ0n) is 9.78. The molecule has 1 aliphatic heterocycles. The molecule has 16 heavy (non-hydrogen) atoms. The molecule has 88 valence electrons. The normalized spacial score (nSPS) is 25.4. The van der Waals surface area contributed by atoms with Crippen molar-refractivity contribution in [1.29, 1.82) is 0 Å². The Morgan fingerprint density at radius 1 is 1.38 bits per heavy atom. The van der Waals surface area contributed by atoms with Gasteiger partial charge in [-0.2, -0.15) is 0 Å². The zero-order chi connectivity index (χ0) is 11.4. The summed E-state index contributed by atoms with van der Waals surface area (Å²) in [6.45, 7) is 4.72. The molecule has 0 bridgehead atoms. The van der Waals surface area contributed by atoms with E-state index in [0.717, 1.165) is 25.3 Å². The van der Waals surface area contributed by atoms with Crippen molar-refractivity contribution < 1.29 is 4.74 Å². The highest BCUT2D eigenvalue weighted by Crippen LogP contribution is 2.24. The standard InChI is InChI=1S/C13H20N2O/c1-2-16-11-5-3-10(4-6-11)12-9-15-8-7-13(12)14/h3-6,12-13,15H,2,7-9,14H2,1H3. The second-order valence-corrected chi connectivity index (χ2v) is 4.27. The topological polar surface area (TPSA) is 47.3 Å². The van der Waals surface area contributed by atoms with E-state index < -0.39 is 0 Å². The number of rotatable bonds is 3. The third-order valence-electron chi connectivity index (χ3n) is 3.15. The van der Waals surface area contributed by atoms with Gasteiger partial charge in [0, 0.05) is 18.5 Å². The highest BCUT2D eigenvalue weighted by Gasteiger charge is 2.22. The van der Waals surface area contributed by atoms with Crippen LogP contribution in [0.3, 0.4) is 0 Å². The third-order valence-corrected chi connectivity index (χ3v) is 3.15. The zero-order valence-corrected chi connectivity index (χ0v) is 9.78. The van der Waals surface area contributed by atoms with E-state index in [4.69, 9.17) is 10.5 Å². The van der Waals surface area contributed by atoms with Crippen molar-refractivity contribution in [3.05, 3.63) is 29.8 Å². The van der Waals surface area contributed by atoms with Crippen LogP contribution in [-0.2, 0) is 0 Å². The van der Waals surface area contributed by atoms with Crippen LogP contribution in [0.15, 0.2) is 24.3 Å². The first-order chi connectivity index (χ1) is 7.81. The molecule has 1 saturated heterocycles. The van der Waals surface area contributed by atoms with E-state index in [-0.39, 0.29) is 6.04 Å². The first-order valence-corrected chi connectivity index (χ1v) is 6.00. The summed E-state index contributed by atoms with van der Waals surface area (Å²) in [5, 5.41) is 3.39. The Morgan fingerprint density at radius 3 is 2.75 bits per heavy atom. The van der Waals surface area contributed by atoms with Gasteiger partial charge in [0.15, 0.2) is 0 Å². The highest BCUT2D eigenvalue weighted by molar-refractivity contribution is 5.30. The van der Waals surface area contributed by atoms with Crippen molar-refractivity contribution in [2.45, 2.75) is 25.3 Å². The van der Waals surface area contributed by atoms with E-state index in [1.807, 2.05) is 19.1 Å². The predicted octanol–water partition coefficient (Wildman–Crippen LogP) is 1.49. The maximum absolute atomic E-state index is 6.14. The lowest BCUT2D eigenvalue weighted by atomic mass is 9.87. The number of ether oxygens (including phenoxy) is 1. The van der Waals surface area contributed by atoms with Gasteiger partial charge in [-0.1, -0.05) is 12.1 Å². The molecule has 3 heteroatoms. The summed E-state index contributed by atoms with van der Waals surface area (Å²) in [6, 6.07) is 8.59. The van der Waals surface area contributed by atoms with Crippen molar-refractivity contribution in [1.82, 2.24) is 5.32 Å². The Hall–Kier alpha value is -1.06. The van der Waals surface area contributed by atoms with Crippen LogP contribution in [0.4, 0.5) is 0 Å². The quantitative estimate of drug-likeness (QED) is 0.811. The van der Waals surface area contributed by atoms with Gasteiger partial charge in [-0.05, 0) is 37.6 Å². The van der Waals surface area contributed by atoms with Crippen LogP contribution in [0.25, 0.3) is 0 Å². The molecule has 2 atom stereocenters. The Morgan fingerprint density at radius 2 is 2.12 bits per heavy atom. The minimum atomic E-state index is 0.277.